The van der Waals surface area contributed by atoms with Crippen LogP contribution in [-0.2, 0) is 11.2 Å². The maximum Gasteiger partial charge on any atom is 0.220 e. The van der Waals surface area contributed by atoms with Crippen molar-refractivity contribution in [3.63, 3.8) is 0 Å². The number of likely N-dealkylation sites (N-methyl/N-ethyl adjacent to an activating group) is 1. The van der Waals surface area contributed by atoms with Gasteiger partial charge in [-0.3, -0.25) is 4.79 Å². The SMILES string of the molecule is CCN1CCCC(NC(=O)CCc2ccc(Cl)s2)C1. The van der Waals surface area contributed by atoms with Crippen LogP contribution in [0.1, 0.15) is 31.1 Å². The lowest BCUT2D eigenvalue weighted by molar-refractivity contribution is -0.122. The van der Waals surface area contributed by atoms with Gasteiger partial charge in [0.15, 0.2) is 0 Å². The molecule has 1 unspecified atom stereocenters. The summed E-state index contributed by atoms with van der Waals surface area (Å²) in [4.78, 5) is 15.5. The number of aryl methyl sites for hydroxylation is 1. The lowest BCUT2D eigenvalue weighted by Gasteiger charge is -2.32. The zero-order valence-corrected chi connectivity index (χ0v) is 12.9. The maximum absolute atomic E-state index is 11.9. The van der Waals surface area contributed by atoms with Crippen LogP contribution >= 0.6 is 22.9 Å². The highest BCUT2D eigenvalue weighted by Crippen LogP contribution is 2.22. The maximum atomic E-state index is 11.9. The summed E-state index contributed by atoms with van der Waals surface area (Å²) in [6.07, 6.45) is 3.62. The summed E-state index contributed by atoms with van der Waals surface area (Å²) >= 11 is 7.43. The Morgan fingerprint density at radius 1 is 1.58 bits per heavy atom. The molecule has 1 aliphatic rings. The van der Waals surface area contributed by atoms with Gasteiger partial charge in [-0.15, -0.1) is 11.3 Å². The second-order valence-corrected chi connectivity index (χ2v) is 6.81. The van der Waals surface area contributed by atoms with Crippen LogP contribution in [0.3, 0.4) is 0 Å². The number of hydrogen-bond donors (Lipinski definition) is 1. The van der Waals surface area contributed by atoms with E-state index in [1.165, 1.54) is 11.3 Å². The van der Waals surface area contributed by atoms with E-state index in [4.69, 9.17) is 11.6 Å². The van der Waals surface area contributed by atoms with E-state index in [1.54, 1.807) is 11.3 Å². The molecule has 0 aliphatic carbocycles. The van der Waals surface area contributed by atoms with Crippen LogP contribution in [0.5, 0.6) is 0 Å². The van der Waals surface area contributed by atoms with Gasteiger partial charge in [-0.2, -0.15) is 0 Å². The standard InChI is InChI=1S/C14H21ClN2OS/c1-2-17-9-3-4-11(10-17)16-14(18)8-6-12-5-7-13(15)19-12/h5,7,11H,2-4,6,8-10H2,1H3,(H,16,18). The Balaban J connectivity index is 1.72. The number of carbonyl (C=O) groups is 1. The van der Waals surface area contributed by atoms with Gasteiger partial charge in [-0.1, -0.05) is 18.5 Å². The smallest absolute Gasteiger partial charge is 0.220 e. The summed E-state index contributed by atoms with van der Waals surface area (Å²) in [5.41, 5.74) is 0. The number of halogens is 1. The first-order valence-corrected chi connectivity index (χ1v) is 8.12. The van der Waals surface area contributed by atoms with Crippen molar-refractivity contribution in [3.05, 3.63) is 21.3 Å². The summed E-state index contributed by atoms with van der Waals surface area (Å²) < 4.78 is 0.793. The highest BCUT2D eigenvalue weighted by molar-refractivity contribution is 7.16. The van der Waals surface area contributed by atoms with E-state index in [1.807, 2.05) is 12.1 Å². The van der Waals surface area contributed by atoms with Gasteiger partial charge < -0.3 is 10.2 Å². The predicted octanol–water partition coefficient (Wildman–Crippen LogP) is 2.93. The average Bonchev–Trinajstić information content (AvgIpc) is 2.82. The highest BCUT2D eigenvalue weighted by atomic mass is 35.5. The number of thiophene rings is 1. The second kappa shape index (κ2) is 7.27. The zero-order chi connectivity index (χ0) is 13.7. The Morgan fingerprint density at radius 2 is 2.42 bits per heavy atom. The Hall–Kier alpha value is -0.580. The minimum atomic E-state index is 0.160. The minimum absolute atomic E-state index is 0.160. The summed E-state index contributed by atoms with van der Waals surface area (Å²) in [5.74, 6) is 0.160. The van der Waals surface area contributed by atoms with E-state index in [-0.39, 0.29) is 5.91 Å². The van der Waals surface area contributed by atoms with Gasteiger partial charge in [-0.25, -0.2) is 0 Å². The Kier molecular flexibility index (Phi) is 5.67. The van der Waals surface area contributed by atoms with Crippen molar-refractivity contribution < 1.29 is 4.79 Å². The van der Waals surface area contributed by atoms with Crippen molar-refractivity contribution in [2.45, 2.75) is 38.6 Å². The Morgan fingerprint density at radius 3 is 3.11 bits per heavy atom. The first-order chi connectivity index (χ1) is 9.17. The normalized spacial score (nSPS) is 20.4. The molecule has 0 aromatic carbocycles. The molecular formula is C14H21ClN2OS. The highest BCUT2D eigenvalue weighted by Gasteiger charge is 2.20. The Bertz CT molecular complexity index is 421. The fraction of sp³-hybridized carbons (Fsp3) is 0.643. The number of carbonyl (C=O) groups excluding carboxylic acids is 1. The van der Waals surface area contributed by atoms with Crippen molar-refractivity contribution >= 4 is 28.8 Å². The summed E-state index contributed by atoms with van der Waals surface area (Å²) in [6, 6.07) is 4.22. The van der Waals surface area contributed by atoms with E-state index in [9.17, 15) is 4.79 Å². The Labute approximate surface area is 123 Å². The van der Waals surface area contributed by atoms with Gasteiger partial charge in [0.05, 0.1) is 4.34 Å². The van der Waals surface area contributed by atoms with Crippen LogP contribution in [0, 0.1) is 0 Å². The first kappa shape index (κ1) is 14.8. The van der Waals surface area contributed by atoms with Gasteiger partial charge in [-0.05, 0) is 44.5 Å². The molecule has 5 heteroatoms. The van der Waals surface area contributed by atoms with Crippen molar-refractivity contribution in [1.29, 1.82) is 0 Å². The number of likely N-dealkylation sites (tertiary alicyclic amines) is 1. The van der Waals surface area contributed by atoms with Gasteiger partial charge in [0, 0.05) is 23.9 Å². The van der Waals surface area contributed by atoms with Crippen LogP contribution < -0.4 is 5.32 Å². The number of nitrogens with zero attached hydrogens (tertiary/aromatic N) is 1. The van der Waals surface area contributed by atoms with Crippen LogP contribution in [0.4, 0.5) is 0 Å². The third-order valence-electron chi connectivity index (χ3n) is 3.55. The van der Waals surface area contributed by atoms with Crippen LogP contribution in [0.25, 0.3) is 0 Å². The van der Waals surface area contributed by atoms with Crippen molar-refractivity contribution in [2.75, 3.05) is 19.6 Å². The average molecular weight is 301 g/mol. The molecule has 1 amide bonds. The fourth-order valence-corrected chi connectivity index (χ4v) is 3.57. The largest absolute Gasteiger partial charge is 0.352 e. The minimum Gasteiger partial charge on any atom is -0.352 e. The summed E-state index contributed by atoms with van der Waals surface area (Å²) in [5, 5.41) is 3.15. The van der Waals surface area contributed by atoms with Gasteiger partial charge in [0.25, 0.3) is 0 Å². The molecule has 2 heterocycles. The van der Waals surface area contributed by atoms with Gasteiger partial charge in [0.2, 0.25) is 5.91 Å². The number of amides is 1. The zero-order valence-electron chi connectivity index (χ0n) is 11.3. The van der Waals surface area contributed by atoms with E-state index >= 15 is 0 Å². The quantitative estimate of drug-likeness (QED) is 0.907. The van der Waals surface area contributed by atoms with Crippen LogP contribution in [-0.4, -0.2) is 36.5 Å². The van der Waals surface area contributed by atoms with E-state index in [0.717, 1.165) is 36.8 Å². The van der Waals surface area contributed by atoms with Crippen molar-refractivity contribution in [1.82, 2.24) is 10.2 Å². The molecular weight excluding hydrogens is 280 g/mol. The molecule has 0 spiro atoms. The fourth-order valence-electron chi connectivity index (χ4n) is 2.48. The molecule has 0 bridgehead atoms. The van der Waals surface area contributed by atoms with Gasteiger partial charge in [0.1, 0.15) is 0 Å². The van der Waals surface area contributed by atoms with E-state index in [0.29, 0.717) is 12.5 Å². The number of nitrogens with one attached hydrogen (secondary N) is 1. The van der Waals surface area contributed by atoms with Crippen molar-refractivity contribution in [2.24, 2.45) is 0 Å². The molecule has 106 valence electrons. The number of rotatable bonds is 5. The molecule has 0 saturated carbocycles. The lowest BCUT2D eigenvalue weighted by atomic mass is 10.1. The van der Waals surface area contributed by atoms with Crippen LogP contribution in [0.2, 0.25) is 4.34 Å². The monoisotopic (exact) mass is 300 g/mol. The second-order valence-electron chi connectivity index (χ2n) is 5.01. The topological polar surface area (TPSA) is 32.3 Å². The molecule has 1 aromatic heterocycles. The molecule has 2 rings (SSSR count). The number of hydrogen-bond acceptors (Lipinski definition) is 3. The third kappa shape index (κ3) is 4.79. The third-order valence-corrected chi connectivity index (χ3v) is 4.84. The first-order valence-electron chi connectivity index (χ1n) is 6.93. The van der Waals surface area contributed by atoms with E-state index in [2.05, 4.69) is 17.1 Å². The van der Waals surface area contributed by atoms with Crippen molar-refractivity contribution in [3.8, 4) is 0 Å². The summed E-state index contributed by atoms with van der Waals surface area (Å²) in [7, 11) is 0. The molecule has 19 heavy (non-hydrogen) atoms. The molecule has 1 atom stereocenters. The molecule has 1 fully saturated rings. The predicted molar refractivity (Wildman–Crippen MR) is 80.9 cm³/mol. The molecule has 1 saturated heterocycles. The number of piperidine rings is 1. The molecule has 1 aliphatic heterocycles. The molecule has 3 nitrogen and oxygen atoms in total. The van der Waals surface area contributed by atoms with Gasteiger partial charge >= 0.3 is 0 Å². The lowest BCUT2D eigenvalue weighted by Crippen LogP contribution is -2.47. The van der Waals surface area contributed by atoms with E-state index < -0.39 is 0 Å². The molecule has 1 N–H and O–H groups in total. The molecule has 1 aromatic rings. The van der Waals surface area contributed by atoms with Crippen LogP contribution in [0.15, 0.2) is 12.1 Å². The summed E-state index contributed by atoms with van der Waals surface area (Å²) in [6.45, 7) is 5.40. The molecule has 0 radical (unpaired) electrons.